The van der Waals surface area contributed by atoms with Gasteiger partial charge in [0.25, 0.3) is 0 Å². The second-order valence-electron chi connectivity index (χ2n) is 4.11. The van der Waals surface area contributed by atoms with Crippen LogP contribution >= 0.6 is 12.2 Å². The van der Waals surface area contributed by atoms with Crippen LogP contribution in [0.2, 0.25) is 0 Å². The van der Waals surface area contributed by atoms with Crippen molar-refractivity contribution in [1.82, 2.24) is 4.90 Å². The molecule has 0 saturated carbocycles. The number of nitrogens with zero attached hydrogens (tertiary/aromatic N) is 1. The molecule has 0 bridgehead atoms. The lowest BCUT2D eigenvalue weighted by atomic mass is 10.1. The first kappa shape index (κ1) is 13.1. The van der Waals surface area contributed by atoms with Gasteiger partial charge in [0.05, 0.1) is 6.10 Å². The lowest BCUT2D eigenvalue weighted by Crippen LogP contribution is -2.26. The summed E-state index contributed by atoms with van der Waals surface area (Å²) in [4.78, 5) is 2.48. The van der Waals surface area contributed by atoms with Crippen LogP contribution in [0, 0.1) is 0 Å². The number of aliphatic hydroxyl groups excluding tert-OH is 1. The van der Waals surface area contributed by atoms with Gasteiger partial charge in [0.15, 0.2) is 0 Å². The summed E-state index contributed by atoms with van der Waals surface area (Å²) in [7, 11) is 1.97. The molecule has 0 amide bonds. The Balaban J connectivity index is 2.66. The van der Waals surface area contributed by atoms with Crippen LogP contribution < -0.4 is 5.73 Å². The van der Waals surface area contributed by atoms with Gasteiger partial charge in [-0.3, -0.25) is 4.90 Å². The van der Waals surface area contributed by atoms with E-state index in [1.807, 2.05) is 31.3 Å². The number of thiocarbonyl (C=S) groups is 1. The van der Waals surface area contributed by atoms with E-state index in [1.54, 1.807) is 6.92 Å². The van der Waals surface area contributed by atoms with Crippen LogP contribution in [0.5, 0.6) is 0 Å². The van der Waals surface area contributed by atoms with Crippen LogP contribution in [0.15, 0.2) is 24.3 Å². The Hall–Kier alpha value is -0.970. The highest BCUT2D eigenvalue weighted by Gasteiger charge is 2.05. The zero-order chi connectivity index (χ0) is 12.1. The number of hydrogen-bond acceptors (Lipinski definition) is 3. The van der Waals surface area contributed by atoms with Gasteiger partial charge in [-0.25, -0.2) is 0 Å². The third-order valence-corrected chi connectivity index (χ3v) is 2.48. The zero-order valence-electron chi connectivity index (χ0n) is 9.68. The van der Waals surface area contributed by atoms with E-state index in [0.717, 1.165) is 17.7 Å². The average Bonchev–Trinajstić information content (AvgIpc) is 2.16. The number of nitrogens with two attached hydrogens (primary N) is 1. The molecule has 0 aromatic heterocycles. The number of benzene rings is 1. The lowest BCUT2D eigenvalue weighted by molar-refractivity contribution is 0.138. The summed E-state index contributed by atoms with van der Waals surface area (Å²) in [5.41, 5.74) is 7.61. The summed E-state index contributed by atoms with van der Waals surface area (Å²) >= 11 is 4.93. The van der Waals surface area contributed by atoms with Crippen molar-refractivity contribution in [1.29, 1.82) is 0 Å². The third-order valence-electron chi connectivity index (χ3n) is 2.24. The number of aliphatic hydroxyl groups is 1. The van der Waals surface area contributed by atoms with Gasteiger partial charge in [0, 0.05) is 18.7 Å². The van der Waals surface area contributed by atoms with Crippen LogP contribution in [0.3, 0.4) is 0 Å². The molecule has 0 saturated heterocycles. The first-order valence-corrected chi connectivity index (χ1v) is 5.65. The fourth-order valence-corrected chi connectivity index (χ4v) is 1.78. The van der Waals surface area contributed by atoms with Crippen LogP contribution in [-0.4, -0.2) is 34.7 Å². The Morgan fingerprint density at radius 2 is 2.25 bits per heavy atom. The smallest absolute Gasteiger partial charge is 0.103 e. The predicted octanol–water partition coefficient (Wildman–Crippen LogP) is 1.13. The maximum atomic E-state index is 9.26. The molecule has 1 rings (SSSR count). The van der Waals surface area contributed by atoms with Crippen molar-refractivity contribution in [2.24, 2.45) is 5.73 Å². The summed E-state index contributed by atoms with van der Waals surface area (Å²) in [6, 6.07) is 7.86. The normalized spacial score (nSPS) is 12.8. The molecule has 0 aliphatic heterocycles. The lowest BCUT2D eigenvalue weighted by Gasteiger charge is -2.18. The number of rotatable bonds is 5. The molecule has 3 N–H and O–H groups in total. The van der Waals surface area contributed by atoms with Gasteiger partial charge in [-0.2, -0.15) is 0 Å². The fourth-order valence-electron chi connectivity index (χ4n) is 1.65. The highest BCUT2D eigenvalue weighted by atomic mass is 32.1. The predicted molar refractivity (Wildman–Crippen MR) is 70.3 cm³/mol. The maximum absolute atomic E-state index is 9.26. The largest absolute Gasteiger partial charge is 0.392 e. The molecular weight excluding hydrogens is 220 g/mol. The van der Waals surface area contributed by atoms with Crippen molar-refractivity contribution in [3.63, 3.8) is 0 Å². The molecule has 1 aromatic rings. The second kappa shape index (κ2) is 5.94. The van der Waals surface area contributed by atoms with Crippen molar-refractivity contribution in [2.45, 2.75) is 19.6 Å². The first-order valence-electron chi connectivity index (χ1n) is 5.24. The Morgan fingerprint density at radius 3 is 2.81 bits per heavy atom. The molecule has 3 nitrogen and oxygen atoms in total. The molecule has 1 unspecified atom stereocenters. The molecule has 0 aliphatic carbocycles. The molecule has 1 aromatic carbocycles. The minimum Gasteiger partial charge on any atom is -0.392 e. The summed E-state index contributed by atoms with van der Waals surface area (Å²) < 4.78 is 0. The van der Waals surface area contributed by atoms with E-state index in [1.165, 1.54) is 0 Å². The van der Waals surface area contributed by atoms with E-state index in [0.29, 0.717) is 11.5 Å². The van der Waals surface area contributed by atoms with Crippen LogP contribution in [0.25, 0.3) is 0 Å². The van der Waals surface area contributed by atoms with E-state index < -0.39 is 0 Å². The van der Waals surface area contributed by atoms with Gasteiger partial charge in [-0.05, 0) is 25.6 Å². The fraction of sp³-hybridized carbons (Fsp3) is 0.417. The highest BCUT2D eigenvalue weighted by molar-refractivity contribution is 7.80. The Bertz CT molecular complexity index is 366. The Kier molecular flexibility index (Phi) is 4.86. The molecule has 0 spiro atoms. The SMILES string of the molecule is CC(O)CN(C)Cc1cccc(C(N)=S)c1. The first-order chi connectivity index (χ1) is 7.49. The van der Waals surface area contributed by atoms with Crippen LogP contribution in [0.4, 0.5) is 0 Å². The highest BCUT2D eigenvalue weighted by Crippen LogP contribution is 2.08. The molecule has 0 aliphatic rings. The minimum atomic E-state index is -0.316. The molecule has 16 heavy (non-hydrogen) atoms. The topological polar surface area (TPSA) is 49.5 Å². The van der Waals surface area contributed by atoms with Gasteiger partial charge >= 0.3 is 0 Å². The Morgan fingerprint density at radius 1 is 1.56 bits per heavy atom. The quantitative estimate of drug-likeness (QED) is 0.755. The summed E-state index contributed by atoms with van der Waals surface area (Å²) in [5.74, 6) is 0. The molecule has 88 valence electrons. The van der Waals surface area contributed by atoms with Crippen molar-refractivity contribution in [3.8, 4) is 0 Å². The second-order valence-corrected chi connectivity index (χ2v) is 4.55. The molecule has 4 heteroatoms. The zero-order valence-corrected chi connectivity index (χ0v) is 10.5. The van der Waals surface area contributed by atoms with Gasteiger partial charge in [0.1, 0.15) is 4.99 Å². The molecule has 0 radical (unpaired) electrons. The van der Waals surface area contributed by atoms with Gasteiger partial charge in [0.2, 0.25) is 0 Å². The molecule has 1 atom stereocenters. The van der Waals surface area contributed by atoms with Gasteiger partial charge in [-0.15, -0.1) is 0 Å². The van der Waals surface area contributed by atoms with Crippen molar-refractivity contribution in [2.75, 3.05) is 13.6 Å². The number of likely N-dealkylation sites (N-methyl/N-ethyl adjacent to an activating group) is 1. The standard InChI is InChI=1S/C12H18N2OS/c1-9(15)7-14(2)8-10-4-3-5-11(6-10)12(13)16/h3-6,9,15H,7-8H2,1-2H3,(H2,13,16). The van der Waals surface area contributed by atoms with E-state index in [-0.39, 0.29) is 6.10 Å². The van der Waals surface area contributed by atoms with Gasteiger partial charge < -0.3 is 10.8 Å². The number of hydrogen-bond donors (Lipinski definition) is 2. The van der Waals surface area contributed by atoms with E-state index in [9.17, 15) is 5.11 Å². The summed E-state index contributed by atoms with van der Waals surface area (Å²) in [6.45, 7) is 3.21. The van der Waals surface area contributed by atoms with Crippen LogP contribution in [0.1, 0.15) is 18.1 Å². The van der Waals surface area contributed by atoms with E-state index in [2.05, 4.69) is 4.90 Å². The average molecular weight is 238 g/mol. The molecular formula is C12H18N2OS. The third kappa shape index (κ3) is 4.26. The Labute approximate surface area is 102 Å². The summed E-state index contributed by atoms with van der Waals surface area (Å²) in [5, 5.41) is 9.26. The minimum absolute atomic E-state index is 0.316. The van der Waals surface area contributed by atoms with Gasteiger partial charge in [-0.1, -0.05) is 30.4 Å². The monoisotopic (exact) mass is 238 g/mol. The maximum Gasteiger partial charge on any atom is 0.103 e. The van der Waals surface area contributed by atoms with Crippen molar-refractivity contribution in [3.05, 3.63) is 35.4 Å². The molecule has 0 heterocycles. The van der Waals surface area contributed by atoms with E-state index >= 15 is 0 Å². The summed E-state index contributed by atoms with van der Waals surface area (Å²) in [6.07, 6.45) is -0.316. The van der Waals surface area contributed by atoms with Crippen LogP contribution in [-0.2, 0) is 6.54 Å². The van der Waals surface area contributed by atoms with E-state index in [4.69, 9.17) is 18.0 Å². The molecule has 0 fully saturated rings. The van der Waals surface area contributed by atoms with Crippen molar-refractivity contribution >= 4 is 17.2 Å². The van der Waals surface area contributed by atoms with Crippen molar-refractivity contribution < 1.29 is 5.11 Å².